The average molecular weight is 542 g/mol. The molecule has 0 fully saturated rings. The number of aliphatic imine (C=N–C) groups is 1. The van der Waals surface area contributed by atoms with Gasteiger partial charge < -0.3 is 10.4 Å². The summed E-state index contributed by atoms with van der Waals surface area (Å²) in [6.07, 6.45) is 1.70. The number of para-hydroxylation sites is 2. The van der Waals surface area contributed by atoms with E-state index < -0.39 is 6.10 Å². The van der Waals surface area contributed by atoms with Crippen molar-refractivity contribution in [3.05, 3.63) is 75.7 Å². The molecule has 0 unspecified atom stereocenters. The Morgan fingerprint density at radius 1 is 0.694 bits per heavy atom. The number of hydrogen-bond donors (Lipinski definition) is 0. The van der Waals surface area contributed by atoms with E-state index in [9.17, 15) is 5.11 Å². The van der Waals surface area contributed by atoms with Crippen molar-refractivity contribution >= 4 is 17.1 Å². The Morgan fingerprint density at radius 2 is 1.03 bits per heavy atom. The van der Waals surface area contributed by atoms with Gasteiger partial charge in [-0.25, -0.2) is 0 Å². The van der Waals surface area contributed by atoms with E-state index in [0.29, 0.717) is 23.7 Å². The number of hydrogen-bond acceptors (Lipinski definition) is 2. The van der Waals surface area contributed by atoms with E-state index in [2.05, 4.69) is 112 Å². The molecule has 0 aromatic heterocycles. The summed E-state index contributed by atoms with van der Waals surface area (Å²) in [6.45, 7) is 25.3. The standard InChI is InChI=1S/C29H41N2.C3H7O.Zn/c1-18(2)24-13-11-14-25(19(3)4)28(24)30-22(9)17-23(10)31-29-26(20(5)6)15-12-16-27(29)21(7)8;1-3(2)4;/h11-21H,1-10H3;3H,1-2H3;/q2*-1;+2/b22-17-,31-23?;;. The first-order valence-electron chi connectivity index (χ1n) is 13.1. The monoisotopic (exact) mass is 540 g/mol. The predicted octanol–water partition coefficient (Wildman–Crippen LogP) is 9.63. The van der Waals surface area contributed by atoms with E-state index in [4.69, 9.17) is 10.3 Å². The van der Waals surface area contributed by atoms with Crippen LogP contribution in [0.25, 0.3) is 5.32 Å². The zero-order valence-corrected chi connectivity index (χ0v) is 27.9. The van der Waals surface area contributed by atoms with Crippen LogP contribution in [0, 0.1) is 0 Å². The normalized spacial score (nSPS) is 12.3. The molecular weight excluding hydrogens is 494 g/mol. The molecule has 0 bridgehead atoms. The number of nitrogens with zero attached hydrogens (tertiary/aromatic N) is 2. The topological polar surface area (TPSA) is 49.5 Å². The van der Waals surface area contributed by atoms with E-state index in [-0.39, 0.29) is 19.5 Å². The van der Waals surface area contributed by atoms with Crippen LogP contribution < -0.4 is 5.11 Å². The third kappa shape index (κ3) is 10.7. The Hall–Kier alpha value is -1.77. The van der Waals surface area contributed by atoms with Crippen molar-refractivity contribution in [3.8, 4) is 0 Å². The Labute approximate surface area is 234 Å². The summed E-state index contributed by atoms with van der Waals surface area (Å²) in [7, 11) is 0. The van der Waals surface area contributed by atoms with E-state index in [1.165, 1.54) is 22.3 Å². The molecule has 2 aromatic carbocycles. The molecule has 0 radical (unpaired) electrons. The van der Waals surface area contributed by atoms with Crippen molar-refractivity contribution in [2.24, 2.45) is 4.99 Å². The summed E-state index contributed by atoms with van der Waals surface area (Å²) >= 11 is 0. The third-order valence-corrected chi connectivity index (χ3v) is 5.68. The number of allylic oxidation sites excluding steroid dienone is 2. The molecule has 0 saturated carbocycles. The van der Waals surface area contributed by atoms with E-state index in [1.54, 1.807) is 13.8 Å². The summed E-state index contributed by atoms with van der Waals surface area (Å²) < 4.78 is 0. The molecule has 0 aliphatic carbocycles. The maximum Gasteiger partial charge on any atom is 2.00 e. The molecule has 194 valence electrons. The van der Waals surface area contributed by atoms with E-state index in [0.717, 1.165) is 22.8 Å². The van der Waals surface area contributed by atoms with Gasteiger partial charge in [0.25, 0.3) is 0 Å². The van der Waals surface area contributed by atoms with E-state index in [1.807, 2.05) is 0 Å². The predicted molar refractivity (Wildman–Crippen MR) is 154 cm³/mol. The van der Waals surface area contributed by atoms with Crippen LogP contribution in [-0.4, -0.2) is 11.8 Å². The van der Waals surface area contributed by atoms with Crippen molar-refractivity contribution in [1.29, 1.82) is 0 Å². The Kier molecular flexibility index (Phi) is 15.4. The molecule has 0 aliphatic heterocycles. The molecular formula is C32H48N2OZn. The number of rotatable bonds is 8. The molecule has 4 heteroatoms. The molecule has 2 aromatic rings. The fourth-order valence-corrected chi connectivity index (χ4v) is 4.00. The van der Waals surface area contributed by atoms with Gasteiger partial charge in [-0.2, -0.15) is 5.70 Å². The second kappa shape index (κ2) is 16.2. The van der Waals surface area contributed by atoms with E-state index >= 15 is 0 Å². The van der Waals surface area contributed by atoms with Crippen molar-refractivity contribution < 1.29 is 24.6 Å². The van der Waals surface area contributed by atoms with Gasteiger partial charge in [-0.15, -0.1) is 11.8 Å². The SMILES string of the molecule is CC(/C=C(/C)[N-]c1c(C(C)C)cccc1C(C)C)=Nc1c(C(C)C)cccc1C(C)C.CC(C)[O-].[Zn+2]. The maximum absolute atomic E-state index is 9.53. The van der Waals surface area contributed by atoms with Gasteiger partial charge >= 0.3 is 19.5 Å². The first-order chi connectivity index (χ1) is 16.3. The molecule has 0 saturated heterocycles. The average Bonchev–Trinajstić information content (AvgIpc) is 2.72. The summed E-state index contributed by atoms with van der Waals surface area (Å²) in [5.74, 6) is 1.75. The summed E-state index contributed by atoms with van der Waals surface area (Å²) in [5.41, 5.74) is 9.45. The van der Waals surface area contributed by atoms with Gasteiger partial charge in [-0.1, -0.05) is 130 Å². The van der Waals surface area contributed by atoms with Crippen LogP contribution in [0.3, 0.4) is 0 Å². The van der Waals surface area contributed by atoms with Gasteiger partial charge in [0.15, 0.2) is 0 Å². The zero-order valence-electron chi connectivity index (χ0n) is 24.9. The minimum absolute atomic E-state index is 0. The summed E-state index contributed by atoms with van der Waals surface area (Å²) in [4.78, 5) is 5.08. The van der Waals surface area contributed by atoms with Crippen LogP contribution in [0.5, 0.6) is 0 Å². The fraction of sp³-hybridized carbons (Fsp3) is 0.531. The molecule has 0 heterocycles. The molecule has 0 N–H and O–H groups in total. The van der Waals surface area contributed by atoms with Gasteiger partial charge in [0, 0.05) is 5.71 Å². The summed E-state index contributed by atoms with van der Waals surface area (Å²) in [5, 5.41) is 14.6. The molecule has 36 heavy (non-hydrogen) atoms. The maximum atomic E-state index is 9.53. The van der Waals surface area contributed by atoms with Crippen molar-refractivity contribution in [1.82, 2.24) is 0 Å². The number of benzene rings is 2. The minimum atomic E-state index is -0.417. The van der Waals surface area contributed by atoms with Crippen LogP contribution in [0.4, 0.5) is 11.4 Å². The second-order valence-corrected chi connectivity index (χ2v) is 10.9. The van der Waals surface area contributed by atoms with Crippen molar-refractivity contribution in [3.63, 3.8) is 0 Å². The Balaban J connectivity index is 0.00000227. The van der Waals surface area contributed by atoms with Gasteiger partial charge in [0.2, 0.25) is 0 Å². The van der Waals surface area contributed by atoms with Crippen LogP contribution in [0.2, 0.25) is 0 Å². The molecule has 2 rings (SSSR count). The Bertz CT molecular complexity index is 946. The van der Waals surface area contributed by atoms with Gasteiger partial charge in [-0.3, -0.25) is 4.99 Å². The molecule has 3 nitrogen and oxygen atoms in total. The van der Waals surface area contributed by atoms with Crippen LogP contribution >= 0.6 is 0 Å². The quantitative estimate of drug-likeness (QED) is 0.242. The minimum Gasteiger partial charge on any atom is -0.852 e. The summed E-state index contributed by atoms with van der Waals surface area (Å²) in [6, 6.07) is 13.1. The third-order valence-electron chi connectivity index (χ3n) is 5.68. The van der Waals surface area contributed by atoms with Crippen LogP contribution in [-0.2, 0) is 19.5 Å². The molecule has 0 amide bonds. The first-order valence-corrected chi connectivity index (χ1v) is 13.1. The Morgan fingerprint density at radius 3 is 1.36 bits per heavy atom. The van der Waals surface area contributed by atoms with Crippen LogP contribution in [0.1, 0.15) is 129 Å². The first kappa shape index (κ1) is 34.2. The molecule has 0 aliphatic rings. The van der Waals surface area contributed by atoms with Gasteiger partial charge in [0.1, 0.15) is 0 Å². The molecule has 0 spiro atoms. The van der Waals surface area contributed by atoms with Crippen molar-refractivity contribution in [2.75, 3.05) is 0 Å². The smallest absolute Gasteiger partial charge is 0.852 e. The fourth-order valence-electron chi connectivity index (χ4n) is 4.00. The zero-order chi connectivity index (χ0) is 26.9. The van der Waals surface area contributed by atoms with Gasteiger partial charge in [0.05, 0.1) is 5.69 Å². The van der Waals surface area contributed by atoms with Gasteiger partial charge in [-0.05, 0) is 41.7 Å². The second-order valence-electron chi connectivity index (χ2n) is 10.9. The van der Waals surface area contributed by atoms with Crippen molar-refractivity contribution in [2.45, 2.75) is 113 Å². The largest absolute Gasteiger partial charge is 2.00 e. The van der Waals surface area contributed by atoms with Crippen LogP contribution in [0.15, 0.2) is 53.2 Å². The molecule has 0 atom stereocenters.